The van der Waals surface area contributed by atoms with Crippen molar-refractivity contribution in [1.29, 1.82) is 0 Å². The summed E-state index contributed by atoms with van der Waals surface area (Å²) in [5, 5.41) is 11.6. The molecule has 0 radical (unpaired) electrons. The minimum Gasteiger partial charge on any atom is -0.505 e. The second kappa shape index (κ2) is 10.5. The average Bonchev–Trinajstić information content (AvgIpc) is 3.61. The summed E-state index contributed by atoms with van der Waals surface area (Å²) in [6.45, 7) is 6.60. The van der Waals surface area contributed by atoms with Gasteiger partial charge in [-0.2, -0.15) is 0 Å². The van der Waals surface area contributed by atoms with Crippen molar-refractivity contribution >= 4 is 23.1 Å². The molecule has 1 aliphatic rings. The number of aryl methyl sites for hydroxylation is 1. The van der Waals surface area contributed by atoms with Crippen LogP contribution in [0, 0.1) is 6.92 Å². The molecule has 1 N–H and O–H groups in total. The third kappa shape index (κ3) is 4.40. The van der Waals surface area contributed by atoms with Crippen LogP contribution in [0.2, 0.25) is 0 Å². The highest BCUT2D eigenvalue weighted by Gasteiger charge is 2.47. The molecule has 9 nitrogen and oxygen atoms in total. The Hall–Kier alpha value is -4.53. The molecule has 3 aromatic heterocycles. The van der Waals surface area contributed by atoms with Crippen molar-refractivity contribution < 1.29 is 28.6 Å². The molecule has 0 aliphatic carbocycles. The first kappa shape index (κ1) is 25.1. The van der Waals surface area contributed by atoms with Crippen LogP contribution in [0.25, 0.3) is 11.4 Å². The van der Waals surface area contributed by atoms with Crippen LogP contribution < -0.4 is 9.47 Å². The molecule has 9 heteroatoms. The Bertz CT molecular complexity index is 1520. The van der Waals surface area contributed by atoms with Crippen LogP contribution in [0.4, 0.5) is 0 Å². The SMILES string of the molecule is CCCOc1ccc(C2/C(=C(\O)c3c(C)nc4ccccn34)C(=O)C(=O)N2Cc2ccco2)cc1OCC. The van der Waals surface area contributed by atoms with Gasteiger partial charge in [-0.05, 0) is 62.2 Å². The van der Waals surface area contributed by atoms with Gasteiger partial charge < -0.3 is 23.9 Å². The molecule has 4 heterocycles. The number of furan rings is 1. The lowest BCUT2D eigenvalue weighted by molar-refractivity contribution is -0.140. The number of rotatable bonds is 9. The van der Waals surface area contributed by atoms with Gasteiger partial charge >= 0.3 is 0 Å². The number of likely N-dealkylation sites (tertiary alicyclic amines) is 1. The number of carbonyl (C=O) groups is 2. The third-order valence-electron chi connectivity index (χ3n) is 6.42. The van der Waals surface area contributed by atoms with Gasteiger partial charge in [-0.15, -0.1) is 0 Å². The number of pyridine rings is 1. The Morgan fingerprint density at radius 1 is 1.08 bits per heavy atom. The first-order chi connectivity index (χ1) is 18.4. The van der Waals surface area contributed by atoms with Crippen molar-refractivity contribution in [3.63, 3.8) is 0 Å². The quantitative estimate of drug-likeness (QED) is 0.189. The number of ketones is 1. The summed E-state index contributed by atoms with van der Waals surface area (Å²) in [7, 11) is 0. The lowest BCUT2D eigenvalue weighted by Crippen LogP contribution is -2.29. The van der Waals surface area contributed by atoms with Crippen molar-refractivity contribution in [1.82, 2.24) is 14.3 Å². The Balaban J connectivity index is 1.70. The zero-order valence-corrected chi connectivity index (χ0v) is 21.5. The summed E-state index contributed by atoms with van der Waals surface area (Å²) < 4.78 is 18.9. The Morgan fingerprint density at radius 2 is 1.92 bits per heavy atom. The fraction of sp³-hybridized carbons (Fsp3) is 0.276. The van der Waals surface area contributed by atoms with E-state index in [9.17, 15) is 14.7 Å². The van der Waals surface area contributed by atoms with Gasteiger partial charge in [0.2, 0.25) is 0 Å². The van der Waals surface area contributed by atoms with E-state index in [1.807, 2.05) is 19.9 Å². The second-order valence-corrected chi connectivity index (χ2v) is 8.97. The van der Waals surface area contributed by atoms with Gasteiger partial charge in [-0.25, -0.2) is 4.98 Å². The van der Waals surface area contributed by atoms with Gasteiger partial charge in [-0.3, -0.25) is 14.0 Å². The van der Waals surface area contributed by atoms with Crippen molar-refractivity contribution in [2.45, 2.75) is 39.8 Å². The van der Waals surface area contributed by atoms with Crippen LogP contribution in [0.1, 0.15) is 49.0 Å². The smallest absolute Gasteiger partial charge is 0.296 e. The van der Waals surface area contributed by atoms with Crippen LogP contribution in [0.15, 0.2) is 71.0 Å². The van der Waals surface area contributed by atoms with Gasteiger partial charge in [0.25, 0.3) is 11.7 Å². The minimum absolute atomic E-state index is 0.0278. The van der Waals surface area contributed by atoms with Crippen molar-refractivity contribution in [2.24, 2.45) is 0 Å². The predicted octanol–water partition coefficient (Wildman–Crippen LogP) is 5.05. The monoisotopic (exact) mass is 515 g/mol. The molecule has 196 valence electrons. The molecule has 1 saturated heterocycles. The number of fused-ring (bicyclic) bond motifs is 1. The topological polar surface area (TPSA) is 107 Å². The summed E-state index contributed by atoms with van der Waals surface area (Å²) in [4.78, 5) is 32.8. The van der Waals surface area contributed by atoms with E-state index < -0.39 is 17.7 Å². The number of aromatic nitrogens is 2. The van der Waals surface area contributed by atoms with Gasteiger partial charge in [0, 0.05) is 6.20 Å². The number of ether oxygens (including phenoxy) is 2. The lowest BCUT2D eigenvalue weighted by Gasteiger charge is -2.25. The van der Waals surface area contributed by atoms with Crippen molar-refractivity contribution in [3.8, 4) is 11.5 Å². The molecule has 38 heavy (non-hydrogen) atoms. The highest BCUT2D eigenvalue weighted by atomic mass is 16.5. The number of imidazole rings is 1. The highest BCUT2D eigenvalue weighted by molar-refractivity contribution is 6.46. The van der Waals surface area contributed by atoms with Gasteiger partial charge in [0.15, 0.2) is 17.3 Å². The van der Waals surface area contributed by atoms with Crippen molar-refractivity contribution in [2.75, 3.05) is 13.2 Å². The number of aliphatic hydroxyl groups excluding tert-OH is 1. The molecule has 0 bridgehead atoms. The largest absolute Gasteiger partial charge is 0.505 e. The summed E-state index contributed by atoms with van der Waals surface area (Å²) in [5.41, 5.74) is 2.07. The highest BCUT2D eigenvalue weighted by Crippen LogP contribution is 2.43. The molecule has 4 aromatic rings. The van der Waals surface area contributed by atoms with Gasteiger partial charge in [-0.1, -0.05) is 19.1 Å². The number of Topliss-reactive ketones (excluding diaryl/α,β-unsaturated/α-hetero) is 1. The summed E-state index contributed by atoms with van der Waals surface area (Å²) >= 11 is 0. The molecular formula is C29H29N3O6. The van der Waals surface area contributed by atoms with Crippen LogP contribution in [-0.4, -0.2) is 44.3 Å². The van der Waals surface area contributed by atoms with Crippen LogP contribution in [-0.2, 0) is 16.1 Å². The summed E-state index contributed by atoms with van der Waals surface area (Å²) in [5.74, 6) is -0.241. The number of benzene rings is 1. The summed E-state index contributed by atoms with van der Waals surface area (Å²) in [6, 6.07) is 13.3. The number of nitrogens with zero attached hydrogens (tertiary/aromatic N) is 3. The van der Waals surface area contributed by atoms with Crippen LogP contribution in [0.5, 0.6) is 11.5 Å². The maximum absolute atomic E-state index is 13.5. The predicted molar refractivity (Wildman–Crippen MR) is 140 cm³/mol. The number of hydrogen-bond donors (Lipinski definition) is 1. The molecular weight excluding hydrogens is 486 g/mol. The number of hydrogen-bond acceptors (Lipinski definition) is 7. The van der Waals surface area contributed by atoms with E-state index >= 15 is 0 Å². The molecule has 0 saturated carbocycles. The van der Waals surface area contributed by atoms with Gasteiger partial charge in [0.05, 0.1) is 43.3 Å². The maximum Gasteiger partial charge on any atom is 0.296 e. The Morgan fingerprint density at radius 3 is 2.66 bits per heavy atom. The minimum atomic E-state index is -0.895. The third-order valence-corrected chi connectivity index (χ3v) is 6.42. The molecule has 1 unspecified atom stereocenters. The number of amides is 1. The van der Waals surface area contributed by atoms with E-state index in [-0.39, 0.29) is 17.9 Å². The fourth-order valence-electron chi connectivity index (χ4n) is 4.78. The van der Waals surface area contributed by atoms with Crippen molar-refractivity contribution in [3.05, 3.63) is 89.3 Å². The van der Waals surface area contributed by atoms with Crippen LogP contribution >= 0.6 is 0 Å². The first-order valence-electron chi connectivity index (χ1n) is 12.6. The average molecular weight is 516 g/mol. The molecule has 0 spiro atoms. The number of aliphatic hydroxyl groups is 1. The van der Waals surface area contributed by atoms with E-state index in [2.05, 4.69) is 4.98 Å². The first-order valence-corrected chi connectivity index (χ1v) is 12.6. The van der Waals surface area contributed by atoms with E-state index in [1.165, 1.54) is 11.2 Å². The number of carbonyl (C=O) groups excluding carboxylic acids is 2. The standard InChI is InChI=1S/C29H29N3O6/c1-4-14-38-21-12-11-19(16-22(21)36-5-2)26-24(28(34)29(35)32(26)17-20-9-8-15-37-20)27(33)25-18(3)30-23-10-6-7-13-31(23)25/h6-13,15-16,26,33H,4-5,14,17H2,1-3H3/b27-24+. The fourth-order valence-corrected chi connectivity index (χ4v) is 4.78. The second-order valence-electron chi connectivity index (χ2n) is 8.97. The lowest BCUT2D eigenvalue weighted by atomic mass is 9.95. The molecule has 1 aromatic carbocycles. The van der Waals surface area contributed by atoms with E-state index in [0.717, 1.165) is 6.42 Å². The molecule has 1 aliphatic heterocycles. The van der Waals surface area contributed by atoms with E-state index in [4.69, 9.17) is 13.9 Å². The zero-order chi connectivity index (χ0) is 26.8. The zero-order valence-electron chi connectivity index (χ0n) is 21.5. The summed E-state index contributed by atoms with van der Waals surface area (Å²) in [6.07, 6.45) is 4.09. The maximum atomic E-state index is 13.5. The van der Waals surface area contributed by atoms with E-state index in [0.29, 0.717) is 53.1 Å². The molecule has 1 fully saturated rings. The Labute approximate surface area is 219 Å². The molecule has 1 atom stereocenters. The van der Waals surface area contributed by atoms with E-state index in [1.54, 1.807) is 60.0 Å². The van der Waals surface area contributed by atoms with Gasteiger partial charge in [0.1, 0.15) is 17.1 Å². The Kier molecular flexibility index (Phi) is 6.91. The molecule has 5 rings (SSSR count). The normalized spacial score (nSPS) is 16.9. The van der Waals surface area contributed by atoms with Crippen LogP contribution in [0.3, 0.4) is 0 Å². The molecule has 1 amide bonds.